The van der Waals surface area contributed by atoms with E-state index in [-0.39, 0.29) is 17.8 Å². The number of nitrogens with zero attached hydrogens (tertiary/aromatic N) is 4. The minimum atomic E-state index is -0.178. The molecule has 7 heteroatoms. The van der Waals surface area contributed by atoms with Gasteiger partial charge in [-0.15, -0.1) is 0 Å². The molecule has 3 rings (SSSR count). The van der Waals surface area contributed by atoms with Crippen LogP contribution in [0.3, 0.4) is 0 Å². The van der Waals surface area contributed by atoms with Gasteiger partial charge >= 0.3 is 0 Å². The van der Waals surface area contributed by atoms with Gasteiger partial charge in [0.1, 0.15) is 16.9 Å². The fraction of sp³-hybridized carbons (Fsp3) is 0.286. The van der Waals surface area contributed by atoms with Crippen LogP contribution in [0.2, 0.25) is 5.02 Å². The fourth-order valence-corrected chi connectivity index (χ4v) is 2.36. The topological polar surface area (TPSA) is 68.2 Å². The summed E-state index contributed by atoms with van der Waals surface area (Å²) in [5, 5.41) is 0.466. The third-order valence-corrected chi connectivity index (χ3v) is 3.50. The number of pyridine rings is 1. The van der Waals surface area contributed by atoms with E-state index in [2.05, 4.69) is 15.0 Å². The van der Waals surface area contributed by atoms with Crippen LogP contribution in [0.1, 0.15) is 17.0 Å². The van der Waals surface area contributed by atoms with E-state index in [9.17, 15) is 4.79 Å². The van der Waals surface area contributed by atoms with E-state index in [1.54, 1.807) is 35.6 Å². The highest BCUT2D eigenvalue weighted by Gasteiger charge is 2.29. The molecule has 1 atom stereocenters. The van der Waals surface area contributed by atoms with Crippen molar-refractivity contribution in [2.75, 3.05) is 13.1 Å². The van der Waals surface area contributed by atoms with E-state index in [1.807, 2.05) is 0 Å². The van der Waals surface area contributed by atoms with Gasteiger partial charge in [0, 0.05) is 43.8 Å². The van der Waals surface area contributed by atoms with Crippen LogP contribution in [-0.4, -0.2) is 45.0 Å². The maximum absolute atomic E-state index is 12.2. The maximum Gasteiger partial charge on any atom is 0.291 e. The average molecular weight is 305 g/mol. The lowest BCUT2D eigenvalue weighted by molar-refractivity contribution is 0.0760. The lowest BCUT2D eigenvalue weighted by Gasteiger charge is -2.16. The number of carbonyl (C=O) groups excluding carboxylic acids is 1. The molecule has 0 N–H and O–H groups in total. The third-order valence-electron chi connectivity index (χ3n) is 3.22. The second kappa shape index (κ2) is 6.05. The van der Waals surface area contributed by atoms with E-state index in [1.165, 1.54) is 6.20 Å². The first kappa shape index (κ1) is 13.8. The summed E-state index contributed by atoms with van der Waals surface area (Å²) in [6, 6.07) is 3.39. The molecule has 0 spiro atoms. The van der Waals surface area contributed by atoms with Crippen molar-refractivity contribution in [1.82, 2.24) is 19.9 Å². The number of halogens is 1. The second-order valence-corrected chi connectivity index (χ2v) is 5.07. The smallest absolute Gasteiger partial charge is 0.291 e. The largest absolute Gasteiger partial charge is 0.487 e. The predicted octanol–water partition coefficient (Wildman–Crippen LogP) is 1.82. The van der Waals surface area contributed by atoms with Crippen molar-refractivity contribution >= 4 is 17.5 Å². The number of rotatable bonds is 3. The van der Waals surface area contributed by atoms with Crippen molar-refractivity contribution in [2.24, 2.45) is 0 Å². The van der Waals surface area contributed by atoms with Crippen LogP contribution in [0.5, 0.6) is 5.75 Å². The van der Waals surface area contributed by atoms with Crippen LogP contribution >= 0.6 is 11.6 Å². The molecule has 108 valence electrons. The Labute approximate surface area is 126 Å². The van der Waals surface area contributed by atoms with Gasteiger partial charge in [-0.3, -0.25) is 9.78 Å². The number of aromatic nitrogens is 3. The predicted molar refractivity (Wildman–Crippen MR) is 76.2 cm³/mol. The summed E-state index contributed by atoms with van der Waals surface area (Å²) in [5.74, 6) is 0.615. The number of hydrogen-bond donors (Lipinski definition) is 0. The minimum absolute atomic E-state index is 0.0856. The van der Waals surface area contributed by atoms with Crippen molar-refractivity contribution in [3.05, 3.63) is 47.8 Å². The van der Waals surface area contributed by atoms with E-state index in [4.69, 9.17) is 16.3 Å². The Balaban J connectivity index is 1.63. The molecule has 2 aromatic rings. The third kappa shape index (κ3) is 3.11. The molecule has 0 unspecified atom stereocenters. The molecule has 1 fully saturated rings. The molecule has 3 heterocycles. The Morgan fingerprint density at radius 1 is 1.33 bits per heavy atom. The summed E-state index contributed by atoms with van der Waals surface area (Å²) in [7, 11) is 0. The summed E-state index contributed by atoms with van der Waals surface area (Å²) >= 11 is 6.01. The van der Waals surface area contributed by atoms with Gasteiger partial charge in [0.2, 0.25) is 5.82 Å². The van der Waals surface area contributed by atoms with Crippen molar-refractivity contribution in [3.63, 3.8) is 0 Å². The molecule has 0 aromatic carbocycles. The second-order valence-electron chi connectivity index (χ2n) is 4.66. The van der Waals surface area contributed by atoms with E-state index < -0.39 is 0 Å². The first-order valence-electron chi connectivity index (χ1n) is 6.56. The van der Waals surface area contributed by atoms with Crippen molar-refractivity contribution in [2.45, 2.75) is 12.5 Å². The van der Waals surface area contributed by atoms with Gasteiger partial charge < -0.3 is 9.64 Å². The molecule has 0 bridgehead atoms. The quantitative estimate of drug-likeness (QED) is 0.865. The molecule has 0 saturated carbocycles. The normalized spacial score (nSPS) is 17.8. The van der Waals surface area contributed by atoms with Gasteiger partial charge in [-0.05, 0) is 6.07 Å². The Hall–Kier alpha value is -2.21. The summed E-state index contributed by atoms with van der Waals surface area (Å²) in [4.78, 5) is 25.8. The molecular weight excluding hydrogens is 292 g/mol. The van der Waals surface area contributed by atoms with Crippen LogP contribution in [-0.2, 0) is 0 Å². The monoisotopic (exact) mass is 304 g/mol. The summed E-state index contributed by atoms with van der Waals surface area (Å²) in [5.41, 5.74) is 0. The Bertz CT molecular complexity index is 638. The highest BCUT2D eigenvalue weighted by atomic mass is 35.5. The number of ether oxygens (including phenoxy) is 1. The fourth-order valence-electron chi connectivity index (χ4n) is 2.20. The van der Waals surface area contributed by atoms with Crippen LogP contribution in [0, 0.1) is 0 Å². The first-order valence-corrected chi connectivity index (χ1v) is 6.94. The highest BCUT2D eigenvalue weighted by molar-refractivity contribution is 6.31. The molecule has 21 heavy (non-hydrogen) atoms. The molecule has 2 aromatic heterocycles. The van der Waals surface area contributed by atoms with Gasteiger partial charge in [0.05, 0.1) is 6.54 Å². The molecule has 1 aliphatic heterocycles. The molecule has 1 amide bonds. The van der Waals surface area contributed by atoms with Crippen molar-refractivity contribution < 1.29 is 9.53 Å². The maximum atomic E-state index is 12.2. The van der Waals surface area contributed by atoms with Crippen LogP contribution in [0.4, 0.5) is 0 Å². The van der Waals surface area contributed by atoms with E-state index >= 15 is 0 Å². The molecule has 0 radical (unpaired) electrons. The zero-order chi connectivity index (χ0) is 14.7. The van der Waals surface area contributed by atoms with Gasteiger partial charge in [0.15, 0.2) is 0 Å². The SMILES string of the molecule is O=C(c1ncccn1)N1CC[C@H](Oc2ccncc2Cl)C1. The van der Waals surface area contributed by atoms with Crippen molar-refractivity contribution in [1.29, 1.82) is 0 Å². The van der Waals surface area contributed by atoms with E-state index in [0.717, 1.165) is 6.42 Å². The average Bonchev–Trinajstić information content (AvgIpc) is 2.98. The number of likely N-dealkylation sites (tertiary alicyclic amines) is 1. The zero-order valence-electron chi connectivity index (χ0n) is 11.1. The molecule has 6 nitrogen and oxygen atoms in total. The number of amides is 1. The highest BCUT2D eigenvalue weighted by Crippen LogP contribution is 2.25. The van der Waals surface area contributed by atoms with Crippen LogP contribution in [0.15, 0.2) is 36.9 Å². The Kier molecular flexibility index (Phi) is 3.96. The van der Waals surface area contributed by atoms with Gasteiger partial charge in [0.25, 0.3) is 5.91 Å². The lowest BCUT2D eigenvalue weighted by atomic mass is 10.3. The summed E-state index contributed by atoms with van der Waals surface area (Å²) in [6.07, 6.45) is 6.93. The van der Waals surface area contributed by atoms with Crippen LogP contribution in [0.25, 0.3) is 0 Å². The number of hydrogen-bond acceptors (Lipinski definition) is 5. The minimum Gasteiger partial charge on any atom is -0.487 e. The molecule has 0 aliphatic carbocycles. The lowest BCUT2D eigenvalue weighted by Crippen LogP contribution is -2.32. The van der Waals surface area contributed by atoms with Gasteiger partial charge in [-0.2, -0.15) is 0 Å². The van der Waals surface area contributed by atoms with Gasteiger partial charge in [-0.25, -0.2) is 9.97 Å². The summed E-state index contributed by atoms with van der Waals surface area (Å²) in [6.45, 7) is 1.11. The Morgan fingerprint density at radius 3 is 2.90 bits per heavy atom. The van der Waals surface area contributed by atoms with Gasteiger partial charge in [-0.1, -0.05) is 11.6 Å². The Morgan fingerprint density at radius 2 is 2.14 bits per heavy atom. The zero-order valence-corrected chi connectivity index (χ0v) is 11.9. The molecule has 1 aliphatic rings. The van der Waals surface area contributed by atoms with Crippen molar-refractivity contribution in [3.8, 4) is 5.75 Å². The standard InChI is InChI=1S/C14H13ClN4O2/c15-11-8-16-6-2-12(11)21-10-3-7-19(9-10)14(20)13-17-4-1-5-18-13/h1-2,4-6,8,10H,3,7,9H2/t10-/m0/s1. The van der Waals surface area contributed by atoms with Crippen LogP contribution < -0.4 is 4.74 Å². The summed E-state index contributed by atoms with van der Waals surface area (Å²) < 4.78 is 5.82. The first-order chi connectivity index (χ1) is 10.2. The number of carbonyl (C=O) groups is 1. The van der Waals surface area contributed by atoms with E-state index in [0.29, 0.717) is 23.9 Å². The molecule has 1 saturated heterocycles. The molecular formula is C14H13ClN4O2.